The number of carbonyl (C=O) groups excluding carboxylic acids is 4. The standard InChI is InChI=1S/C23H14BrNO5/c24-13-5-3-6-14(11-13)25-19(26)12-30-23(29)18-10-4-9-17-20(18)22(28)16-8-2-1-7-15(16)21(17)27/h1-11H,12H2,(H,25,26). The fourth-order valence-corrected chi connectivity index (χ4v) is 3.69. The van der Waals surface area contributed by atoms with Crippen molar-refractivity contribution >= 4 is 45.1 Å². The molecule has 0 saturated heterocycles. The van der Waals surface area contributed by atoms with E-state index in [0.717, 1.165) is 4.47 Å². The largest absolute Gasteiger partial charge is 0.452 e. The van der Waals surface area contributed by atoms with Crippen LogP contribution in [-0.2, 0) is 9.53 Å². The van der Waals surface area contributed by atoms with Crippen LogP contribution in [0.2, 0.25) is 0 Å². The minimum Gasteiger partial charge on any atom is -0.452 e. The van der Waals surface area contributed by atoms with Crippen molar-refractivity contribution in [1.82, 2.24) is 0 Å². The molecule has 0 atom stereocenters. The lowest BCUT2D eigenvalue weighted by Crippen LogP contribution is -2.26. The predicted octanol–water partition coefficient (Wildman–Crippen LogP) is 4.02. The second kappa shape index (κ2) is 8.04. The van der Waals surface area contributed by atoms with Crippen LogP contribution in [0.3, 0.4) is 0 Å². The molecule has 3 aromatic carbocycles. The van der Waals surface area contributed by atoms with Crippen molar-refractivity contribution in [2.75, 3.05) is 11.9 Å². The SMILES string of the molecule is O=C(COC(=O)c1cccc2c1C(=O)c1ccccc1C2=O)Nc1cccc(Br)c1. The minimum atomic E-state index is -0.850. The second-order valence-electron chi connectivity index (χ2n) is 6.57. The highest BCUT2D eigenvalue weighted by molar-refractivity contribution is 9.10. The quantitative estimate of drug-likeness (QED) is 0.461. The van der Waals surface area contributed by atoms with Crippen molar-refractivity contribution < 1.29 is 23.9 Å². The number of esters is 1. The molecule has 0 spiro atoms. The number of halogens is 1. The van der Waals surface area contributed by atoms with E-state index < -0.39 is 24.3 Å². The summed E-state index contributed by atoms with van der Waals surface area (Å²) >= 11 is 3.31. The van der Waals surface area contributed by atoms with Gasteiger partial charge in [-0.1, -0.05) is 58.4 Å². The number of amides is 1. The Balaban J connectivity index is 1.54. The molecule has 30 heavy (non-hydrogen) atoms. The smallest absolute Gasteiger partial charge is 0.339 e. The van der Waals surface area contributed by atoms with Crippen LogP contribution in [0.5, 0.6) is 0 Å². The summed E-state index contributed by atoms with van der Waals surface area (Å²) in [6, 6.07) is 17.8. The summed E-state index contributed by atoms with van der Waals surface area (Å²) in [4.78, 5) is 50.4. The van der Waals surface area contributed by atoms with Crippen molar-refractivity contribution in [1.29, 1.82) is 0 Å². The molecule has 0 aromatic heterocycles. The Bertz CT molecular complexity index is 1220. The molecule has 7 heteroatoms. The van der Waals surface area contributed by atoms with Gasteiger partial charge in [-0.2, -0.15) is 0 Å². The lowest BCUT2D eigenvalue weighted by atomic mass is 9.82. The Kier molecular flexibility index (Phi) is 5.29. The van der Waals surface area contributed by atoms with E-state index in [4.69, 9.17) is 4.74 Å². The number of ether oxygens (including phenoxy) is 1. The van der Waals surface area contributed by atoms with Gasteiger partial charge in [0.1, 0.15) is 0 Å². The maximum Gasteiger partial charge on any atom is 0.339 e. The summed E-state index contributed by atoms with van der Waals surface area (Å²) in [5, 5.41) is 2.61. The number of benzene rings is 3. The Morgan fingerprint density at radius 2 is 1.50 bits per heavy atom. The van der Waals surface area contributed by atoms with Crippen LogP contribution in [0.4, 0.5) is 5.69 Å². The highest BCUT2D eigenvalue weighted by atomic mass is 79.9. The summed E-state index contributed by atoms with van der Waals surface area (Å²) in [5.41, 5.74) is 1.18. The summed E-state index contributed by atoms with van der Waals surface area (Å²) in [6.45, 7) is -0.534. The van der Waals surface area contributed by atoms with E-state index in [9.17, 15) is 19.2 Å². The van der Waals surface area contributed by atoms with E-state index in [0.29, 0.717) is 11.3 Å². The first-order chi connectivity index (χ1) is 14.5. The van der Waals surface area contributed by atoms with Gasteiger partial charge in [-0.05, 0) is 24.3 Å². The van der Waals surface area contributed by atoms with Gasteiger partial charge >= 0.3 is 5.97 Å². The van der Waals surface area contributed by atoms with E-state index in [1.54, 1.807) is 42.5 Å². The number of hydrogen-bond donors (Lipinski definition) is 1. The number of ketones is 2. The summed E-state index contributed by atoms with van der Waals surface area (Å²) < 4.78 is 5.89. The highest BCUT2D eigenvalue weighted by Crippen LogP contribution is 2.29. The first-order valence-corrected chi connectivity index (χ1v) is 9.79. The molecule has 0 saturated carbocycles. The topological polar surface area (TPSA) is 89.5 Å². The summed E-state index contributed by atoms with van der Waals surface area (Å²) in [5.74, 6) is -2.13. The molecule has 6 nitrogen and oxygen atoms in total. The number of anilines is 1. The van der Waals surface area contributed by atoms with Crippen LogP contribution in [0, 0.1) is 0 Å². The third-order valence-corrected chi connectivity index (χ3v) is 5.11. The van der Waals surface area contributed by atoms with Crippen LogP contribution in [0.25, 0.3) is 0 Å². The molecular weight excluding hydrogens is 450 g/mol. The molecule has 3 aromatic rings. The summed E-state index contributed by atoms with van der Waals surface area (Å²) in [7, 11) is 0. The van der Waals surface area contributed by atoms with E-state index in [-0.39, 0.29) is 28.0 Å². The average Bonchev–Trinajstić information content (AvgIpc) is 2.75. The van der Waals surface area contributed by atoms with Crippen molar-refractivity contribution in [3.8, 4) is 0 Å². The van der Waals surface area contributed by atoms with Gasteiger partial charge in [0, 0.05) is 32.4 Å². The lowest BCUT2D eigenvalue weighted by Gasteiger charge is -2.19. The van der Waals surface area contributed by atoms with E-state index in [1.807, 2.05) is 6.07 Å². The zero-order chi connectivity index (χ0) is 21.3. The van der Waals surface area contributed by atoms with Gasteiger partial charge in [-0.25, -0.2) is 4.79 Å². The van der Waals surface area contributed by atoms with Crippen LogP contribution in [0.1, 0.15) is 42.2 Å². The number of rotatable bonds is 4. The Morgan fingerprint density at radius 1 is 0.833 bits per heavy atom. The van der Waals surface area contributed by atoms with Crippen LogP contribution < -0.4 is 5.32 Å². The maximum absolute atomic E-state index is 12.9. The molecule has 0 radical (unpaired) electrons. The van der Waals surface area contributed by atoms with Gasteiger partial charge in [0.25, 0.3) is 5.91 Å². The van der Waals surface area contributed by atoms with Gasteiger partial charge in [-0.15, -0.1) is 0 Å². The van der Waals surface area contributed by atoms with Gasteiger partial charge < -0.3 is 10.1 Å². The van der Waals surface area contributed by atoms with E-state index in [1.165, 1.54) is 18.2 Å². The van der Waals surface area contributed by atoms with E-state index >= 15 is 0 Å². The highest BCUT2D eigenvalue weighted by Gasteiger charge is 2.33. The van der Waals surface area contributed by atoms with Gasteiger partial charge in [-0.3, -0.25) is 14.4 Å². The first-order valence-electron chi connectivity index (χ1n) is 8.99. The van der Waals surface area contributed by atoms with Crippen molar-refractivity contribution in [2.45, 2.75) is 0 Å². The zero-order valence-electron chi connectivity index (χ0n) is 15.5. The van der Waals surface area contributed by atoms with Crippen LogP contribution in [0.15, 0.2) is 71.2 Å². The molecule has 1 amide bonds. The molecule has 0 aliphatic heterocycles. The van der Waals surface area contributed by atoms with Gasteiger partial charge in [0.15, 0.2) is 18.2 Å². The molecule has 0 fully saturated rings. The van der Waals surface area contributed by atoms with Crippen molar-refractivity contribution in [3.63, 3.8) is 0 Å². The Labute approximate surface area is 180 Å². The molecule has 1 aliphatic rings. The number of hydrogen-bond acceptors (Lipinski definition) is 5. The fourth-order valence-electron chi connectivity index (χ4n) is 3.29. The Morgan fingerprint density at radius 3 is 2.23 bits per heavy atom. The predicted molar refractivity (Wildman–Crippen MR) is 113 cm³/mol. The number of carbonyl (C=O) groups is 4. The number of nitrogens with one attached hydrogen (secondary N) is 1. The monoisotopic (exact) mass is 463 g/mol. The van der Waals surface area contributed by atoms with E-state index in [2.05, 4.69) is 21.2 Å². The van der Waals surface area contributed by atoms with Crippen LogP contribution >= 0.6 is 15.9 Å². The molecule has 0 heterocycles. The minimum absolute atomic E-state index is 0.00130. The van der Waals surface area contributed by atoms with Gasteiger partial charge in [0.2, 0.25) is 0 Å². The molecule has 1 aliphatic carbocycles. The van der Waals surface area contributed by atoms with Crippen molar-refractivity contribution in [3.05, 3.63) is 99.0 Å². The second-order valence-corrected chi connectivity index (χ2v) is 7.48. The van der Waals surface area contributed by atoms with Gasteiger partial charge in [0.05, 0.1) is 5.56 Å². The third-order valence-electron chi connectivity index (χ3n) is 4.62. The molecule has 1 N–H and O–H groups in total. The molecule has 4 rings (SSSR count). The first kappa shape index (κ1) is 19.7. The number of fused-ring (bicyclic) bond motifs is 2. The third kappa shape index (κ3) is 3.67. The maximum atomic E-state index is 12.9. The fraction of sp³-hybridized carbons (Fsp3) is 0.0435. The van der Waals surface area contributed by atoms with Crippen molar-refractivity contribution in [2.24, 2.45) is 0 Å². The molecule has 148 valence electrons. The summed E-state index contributed by atoms with van der Waals surface area (Å²) in [6.07, 6.45) is 0. The average molecular weight is 464 g/mol. The lowest BCUT2D eigenvalue weighted by molar-refractivity contribution is -0.119. The van der Waals surface area contributed by atoms with Crippen LogP contribution in [-0.4, -0.2) is 30.0 Å². The normalized spacial score (nSPS) is 12.0. The zero-order valence-corrected chi connectivity index (χ0v) is 17.1. The molecular formula is C23H14BrNO5. The Hall–Kier alpha value is -3.58. The molecule has 0 bridgehead atoms. The molecule has 0 unspecified atom stereocenters.